The van der Waals surface area contributed by atoms with Crippen molar-refractivity contribution >= 4 is 51.7 Å². The summed E-state index contributed by atoms with van der Waals surface area (Å²) in [7, 11) is 0. The second-order valence-electron chi connectivity index (χ2n) is 8.79. The van der Waals surface area contributed by atoms with Crippen molar-refractivity contribution < 1.29 is 14.3 Å². The lowest BCUT2D eigenvalue weighted by atomic mass is 10.2. The van der Waals surface area contributed by atoms with Gasteiger partial charge in [-0.25, -0.2) is 4.98 Å². The van der Waals surface area contributed by atoms with Crippen LogP contribution in [0.5, 0.6) is 11.5 Å². The largest absolute Gasteiger partial charge is 0.454 e. The molecule has 0 aliphatic carbocycles. The van der Waals surface area contributed by atoms with E-state index >= 15 is 0 Å². The minimum Gasteiger partial charge on any atom is -0.454 e. The Hall–Kier alpha value is -3.37. The maximum Gasteiger partial charge on any atom is 0.267 e. The molecule has 3 aromatic rings. The number of aryl methyl sites for hydroxylation is 1. The monoisotopic (exact) mass is 508 g/mol. The number of hydrogen-bond acceptors (Lipinski definition) is 8. The van der Waals surface area contributed by atoms with Crippen molar-refractivity contribution in [2.45, 2.75) is 27.3 Å². The van der Waals surface area contributed by atoms with Crippen LogP contribution < -0.4 is 20.3 Å². The summed E-state index contributed by atoms with van der Waals surface area (Å²) in [5, 5.41) is 3.29. The number of benzene rings is 1. The third kappa shape index (κ3) is 4.51. The Morgan fingerprint density at radius 1 is 1.23 bits per heavy atom. The molecule has 0 bridgehead atoms. The average molecular weight is 509 g/mol. The molecule has 1 N–H and O–H groups in total. The first-order valence-electron chi connectivity index (χ1n) is 11.2. The van der Waals surface area contributed by atoms with Crippen molar-refractivity contribution in [1.29, 1.82) is 0 Å². The van der Waals surface area contributed by atoms with E-state index in [-0.39, 0.29) is 18.3 Å². The molecule has 0 radical (unpaired) electrons. The molecule has 0 spiro atoms. The lowest BCUT2D eigenvalue weighted by Gasteiger charge is -2.15. The van der Waals surface area contributed by atoms with E-state index in [9.17, 15) is 9.59 Å². The summed E-state index contributed by atoms with van der Waals surface area (Å²) in [4.78, 5) is 33.4. The summed E-state index contributed by atoms with van der Waals surface area (Å²) < 4.78 is 12.7. The quantitative estimate of drug-likeness (QED) is 0.392. The fourth-order valence-corrected chi connectivity index (χ4v) is 5.10. The van der Waals surface area contributed by atoms with Crippen LogP contribution in [-0.2, 0) is 11.3 Å². The van der Waals surface area contributed by atoms with Gasteiger partial charge in [-0.3, -0.25) is 18.9 Å². The van der Waals surface area contributed by atoms with Crippen molar-refractivity contribution in [3.8, 4) is 11.5 Å². The lowest BCUT2D eigenvalue weighted by molar-refractivity contribution is -0.122. The summed E-state index contributed by atoms with van der Waals surface area (Å²) >= 11 is 6.69. The number of anilines is 1. The van der Waals surface area contributed by atoms with E-state index in [1.165, 1.54) is 21.1 Å². The van der Waals surface area contributed by atoms with Gasteiger partial charge < -0.3 is 14.8 Å². The smallest absolute Gasteiger partial charge is 0.267 e. The molecular formula is C25H24N4O4S2. The second-order valence-corrected chi connectivity index (χ2v) is 10.5. The number of aromatic nitrogens is 2. The van der Waals surface area contributed by atoms with Crippen LogP contribution in [0, 0.1) is 12.8 Å². The van der Waals surface area contributed by atoms with E-state index in [4.69, 9.17) is 26.7 Å². The van der Waals surface area contributed by atoms with Crippen LogP contribution in [0.2, 0.25) is 0 Å². The number of hydrogen-bond donors (Lipinski definition) is 1. The minimum absolute atomic E-state index is 0.185. The minimum atomic E-state index is -0.249. The molecule has 4 heterocycles. The fourth-order valence-electron chi connectivity index (χ4n) is 3.87. The Bertz CT molecular complexity index is 1450. The highest BCUT2D eigenvalue weighted by molar-refractivity contribution is 8.26. The van der Waals surface area contributed by atoms with E-state index in [1.807, 2.05) is 31.2 Å². The number of thioether (sulfide) groups is 1. The van der Waals surface area contributed by atoms with Gasteiger partial charge in [-0.05, 0) is 48.2 Å². The van der Waals surface area contributed by atoms with Gasteiger partial charge in [0, 0.05) is 12.7 Å². The number of thiocarbonyl (C=S) groups is 1. The number of rotatable bonds is 6. The number of nitrogens with zero attached hydrogens (tertiary/aromatic N) is 3. The van der Waals surface area contributed by atoms with Crippen LogP contribution in [0.1, 0.15) is 30.5 Å². The summed E-state index contributed by atoms with van der Waals surface area (Å²) in [6.07, 6.45) is 3.29. The number of ether oxygens (including phenoxy) is 2. The summed E-state index contributed by atoms with van der Waals surface area (Å²) in [5.74, 6) is 1.88. The predicted octanol–water partition coefficient (Wildman–Crippen LogP) is 4.20. The van der Waals surface area contributed by atoms with Crippen molar-refractivity contribution in [3.05, 3.63) is 68.5 Å². The number of pyridine rings is 1. The first kappa shape index (κ1) is 23.4. The van der Waals surface area contributed by atoms with E-state index in [1.54, 1.807) is 18.3 Å². The summed E-state index contributed by atoms with van der Waals surface area (Å²) in [6.45, 7) is 7.19. The average Bonchev–Trinajstić information content (AvgIpc) is 3.40. The molecule has 1 fully saturated rings. The third-order valence-electron chi connectivity index (χ3n) is 5.69. The molecule has 35 heavy (non-hydrogen) atoms. The molecule has 0 unspecified atom stereocenters. The Balaban J connectivity index is 1.50. The van der Waals surface area contributed by atoms with Gasteiger partial charge in [0.15, 0.2) is 11.5 Å². The Labute approximate surface area is 211 Å². The third-order valence-corrected chi connectivity index (χ3v) is 7.07. The van der Waals surface area contributed by atoms with E-state index in [2.05, 4.69) is 19.2 Å². The van der Waals surface area contributed by atoms with Gasteiger partial charge in [0.25, 0.3) is 11.5 Å². The zero-order valence-corrected chi connectivity index (χ0v) is 21.2. The first-order valence-corrected chi connectivity index (χ1v) is 12.4. The number of fused-ring (bicyclic) bond motifs is 2. The molecule has 1 saturated heterocycles. The molecule has 1 aromatic carbocycles. The zero-order chi connectivity index (χ0) is 24.7. The molecule has 0 atom stereocenters. The van der Waals surface area contributed by atoms with Gasteiger partial charge in [0.05, 0.1) is 17.0 Å². The van der Waals surface area contributed by atoms with Crippen LogP contribution in [0.3, 0.4) is 0 Å². The molecule has 5 rings (SSSR count). The summed E-state index contributed by atoms with van der Waals surface area (Å²) in [6, 6.07) is 9.27. The molecule has 2 aromatic heterocycles. The molecular weight excluding hydrogens is 484 g/mol. The van der Waals surface area contributed by atoms with Gasteiger partial charge in [-0.15, -0.1) is 0 Å². The van der Waals surface area contributed by atoms with Crippen LogP contribution in [0.25, 0.3) is 11.7 Å². The molecule has 2 aliphatic rings. The number of carbonyl (C=O) groups is 1. The molecule has 0 saturated carbocycles. The van der Waals surface area contributed by atoms with Crippen LogP contribution in [0.4, 0.5) is 5.82 Å². The Morgan fingerprint density at radius 3 is 2.83 bits per heavy atom. The maximum atomic E-state index is 13.4. The fraction of sp³-hybridized carbons (Fsp3) is 0.280. The molecule has 10 heteroatoms. The molecule has 1 amide bonds. The molecule has 8 nitrogen and oxygen atoms in total. The van der Waals surface area contributed by atoms with Crippen molar-refractivity contribution in [1.82, 2.24) is 14.3 Å². The van der Waals surface area contributed by atoms with Crippen molar-refractivity contribution in [2.24, 2.45) is 5.92 Å². The van der Waals surface area contributed by atoms with Crippen LogP contribution in [0.15, 0.2) is 46.2 Å². The van der Waals surface area contributed by atoms with Crippen LogP contribution in [-0.4, -0.2) is 37.8 Å². The molecule has 180 valence electrons. The van der Waals surface area contributed by atoms with Gasteiger partial charge in [0.2, 0.25) is 6.79 Å². The second kappa shape index (κ2) is 9.35. The SMILES string of the molecule is Cc1cccn2c(=O)c(/C=C3\SC(=S)N(Cc4ccc5c(c4)OCO5)C3=O)c(NCC(C)C)nc12. The Kier molecular flexibility index (Phi) is 6.24. The van der Waals surface area contributed by atoms with E-state index < -0.39 is 0 Å². The van der Waals surface area contributed by atoms with Gasteiger partial charge in [-0.2, -0.15) is 0 Å². The number of nitrogens with one attached hydrogen (secondary N) is 1. The highest BCUT2D eigenvalue weighted by atomic mass is 32.2. The zero-order valence-electron chi connectivity index (χ0n) is 19.5. The molecule has 2 aliphatic heterocycles. The van der Waals surface area contributed by atoms with Gasteiger partial charge in [0.1, 0.15) is 15.8 Å². The maximum absolute atomic E-state index is 13.4. The first-order chi connectivity index (χ1) is 16.8. The predicted molar refractivity (Wildman–Crippen MR) is 141 cm³/mol. The van der Waals surface area contributed by atoms with E-state index in [0.717, 1.165) is 11.1 Å². The standard InChI is InChI=1S/C25H24N4O4S2/c1-14(2)11-26-21-17(23(30)28-8-4-5-15(3)22(28)27-21)10-20-24(31)29(25(34)35-20)12-16-6-7-18-19(9-16)33-13-32-18/h4-10,14,26H,11-13H2,1-3H3/b20-10-. The Morgan fingerprint density at radius 2 is 2.03 bits per heavy atom. The highest BCUT2D eigenvalue weighted by Gasteiger charge is 2.33. The normalized spacial score (nSPS) is 16.2. The lowest BCUT2D eigenvalue weighted by Crippen LogP contribution is -2.27. The van der Waals surface area contributed by atoms with Crippen molar-refractivity contribution in [2.75, 3.05) is 18.7 Å². The van der Waals surface area contributed by atoms with Crippen LogP contribution >= 0.6 is 24.0 Å². The number of carbonyl (C=O) groups excluding carboxylic acids is 1. The van der Waals surface area contributed by atoms with Gasteiger partial charge in [-0.1, -0.05) is 50.0 Å². The summed E-state index contributed by atoms with van der Waals surface area (Å²) in [5.41, 5.74) is 2.42. The van der Waals surface area contributed by atoms with Crippen molar-refractivity contribution in [3.63, 3.8) is 0 Å². The highest BCUT2D eigenvalue weighted by Crippen LogP contribution is 2.36. The topological polar surface area (TPSA) is 85.2 Å². The van der Waals surface area contributed by atoms with E-state index in [0.29, 0.717) is 56.8 Å². The van der Waals surface area contributed by atoms with Gasteiger partial charge >= 0.3 is 0 Å². The number of amides is 1.